The normalized spacial score (nSPS) is 18.2. The summed E-state index contributed by atoms with van der Waals surface area (Å²) in [5.41, 5.74) is -1.15. The van der Waals surface area contributed by atoms with Gasteiger partial charge in [-0.25, -0.2) is 0 Å². The Hall–Kier alpha value is -0.440. The van der Waals surface area contributed by atoms with E-state index < -0.39 is 5.72 Å². The van der Waals surface area contributed by atoms with Crippen LogP contribution in [0.5, 0.6) is 0 Å². The average molecular weight is 172 g/mol. The Balaban J connectivity index is 4.23. The predicted octanol–water partition coefficient (Wildman–Crippen LogP) is 2.75. The molecule has 3 nitrogen and oxygen atoms in total. The van der Waals surface area contributed by atoms with Gasteiger partial charge in [0.25, 0.3) is 0 Å². The molecule has 3 heteroatoms. The highest BCUT2D eigenvalue weighted by Crippen LogP contribution is 2.18. The van der Waals surface area contributed by atoms with E-state index in [-0.39, 0.29) is 5.54 Å². The van der Waals surface area contributed by atoms with Gasteiger partial charge in [0.05, 0.1) is 5.54 Å². The predicted molar refractivity (Wildman–Crippen MR) is 50.1 cm³/mol. The van der Waals surface area contributed by atoms with Crippen molar-refractivity contribution in [1.82, 2.24) is 0 Å². The maximum atomic E-state index is 9.52. The molecule has 0 aromatic carbocycles. The van der Waals surface area contributed by atoms with Gasteiger partial charge >= 0.3 is 0 Å². The molecular weight excluding hydrogens is 152 g/mol. The van der Waals surface area contributed by atoms with E-state index >= 15 is 0 Å². The Bertz CT molecular complexity index is 144. The first-order valence-corrected chi connectivity index (χ1v) is 4.49. The first-order chi connectivity index (χ1) is 5.33. The highest BCUT2D eigenvalue weighted by Gasteiger charge is 2.19. The van der Waals surface area contributed by atoms with Crippen LogP contribution in [-0.2, 0) is 0 Å². The van der Waals surface area contributed by atoms with Crippen LogP contribution in [0.3, 0.4) is 0 Å². The van der Waals surface area contributed by atoms with E-state index in [9.17, 15) is 5.11 Å². The second-order valence-electron chi connectivity index (χ2n) is 3.94. The van der Waals surface area contributed by atoms with Gasteiger partial charge < -0.3 is 5.11 Å². The minimum Gasteiger partial charge on any atom is -0.368 e. The lowest BCUT2D eigenvalue weighted by Crippen LogP contribution is -2.21. The quantitative estimate of drug-likeness (QED) is 0.651. The van der Waals surface area contributed by atoms with Crippen LogP contribution in [0.15, 0.2) is 10.2 Å². The summed E-state index contributed by atoms with van der Waals surface area (Å²) in [7, 11) is 0. The summed E-state index contributed by atoms with van der Waals surface area (Å²) in [6.07, 6.45) is 1.52. The van der Waals surface area contributed by atoms with Crippen molar-refractivity contribution < 1.29 is 5.11 Å². The fourth-order valence-electron chi connectivity index (χ4n) is 0.384. The van der Waals surface area contributed by atoms with Crippen LogP contribution in [0.25, 0.3) is 0 Å². The average Bonchev–Trinajstić information content (AvgIpc) is 2.02. The van der Waals surface area contributed by atoms with Gasteiger partial charge in [0.1, 0.15) is 0 Å². The van der Waals surface area contributed by atoms with Gasteiger partial charge in [-0.3, -0.25) is 0 Å². The fourth-order valence-corrected chi connectivity index (χ4v) is 0.384. The van der Waals surface area contributed by atoms with Crippen molar-refractivity contribution in [3.05, 3.63) is 0 Å². The van der Waals surface area contributed by atoms with Gasteiger partial charge in [-0.2, -0.15) is 10.2 Å². The second-order valence-corrected chi connectivity index (χ2v) is 3.94. The summed E-state index contributed by atoms with van der Waals surface area (Å²) in [6, 6.07) is 0. The summed E-state index contributed by atoms with van der Waals surface area (Å²) in [6.45, 7) is 9.62. The van der Waals surface area contributed by atoms with E-state index in [4.69, 9.17) is 0 Å². The number of rotatable bonds is 4. The lowest BCUT2D eigenvalue weighted by atomic mass is 10.0. The molecule has 0 spiro atoms. The lowest BCUT2D eigenvalue weighted by molar-refractivity contribution is 0.0541. The van der Waals surface area contributed by atoms with Crippen LogP contribution in [-0.4, -0.2) is 16.4 Å². The van der Waals surface area contributed by atoms with Crippen LogP contribution in [0.4, 0.5) is 0 Å². The zero-order valence-electron chi connectivity index (χ0n) is 8.76. The molecule has 1 unspecified atom stereocenters. The van der Waals surface area contributed by atoms with Crippen LogP contribution in [0.2, 0.25) is 0 Å². The highest BCUT2D eigenvalue weighted by molar-refractivity contribution is 4.75. The van der Waals surface area contributed by atoms with Crippen LogP contribution in [0.1, 0.15) is 47.5 Å². The molecule has 0 aliphatic heterocycles. The molecule has 0 rings (SSSR count). The molecule has 0 radical (unpaired) electrons. The molecule has 72 valence electrons. The van der Waals surface area contributed by atoms with Crippen molar-refractivity contribution in [3.63, 3.8) is 0 Å². The van der Waals surface area contributed by atoms with Crippen molar-refractivity contribution in [2.24, 2.45) is 10.2 Å². The Morgan fingerprint density at radius 1 is 1.00 bits per heavy atom. The summed E-state index contributed by atoms with van der Waals surface area (Å²) in [5.74, 6) is 0. The second kappa shape index (κ2) is 3.99. The molecule has 0 aromatic rings. The van der Waals surface area contributed by atoms with Gasteiger partial charge in [0, 0.05) is 0 Å². The summed E-state index contributed by atoms with van der Waals surface area (Å²) in [5, 5.41) is 17.5. The molecule has 0 bridgehead atoms. The van der Waals surface area contributed by atoms with Crippen LogP contribution < -0.4 is 0 Å². The summed E-state index contributed by atoms with van der Waals surface area (Å²) >= 11 is 0. The minimum absolute atomic E-state index is 0.154. The van der Waals surface area contributed by atoms with Crippen LogP contribution >= 0.6 is 0 Å². The van der Waals surface area contributed by atoms with Gasteiger partial charge in [0.15, 0.2) is 5.72 Å². The lowest BCUT2D eigenvalue weighted by Gasteiger charge is -2.19. The first kappa shape index (κ1) is 11.6. The standard InChI is InChI=1S/C9H20N2O/c1-6-8(3,4)10-11-9(5,12)7-2/h12H,6-7H2,1-5H3/b11-10+. The highest BCUT2D eigenvalue weighted by atomic mass is 16.3. The van der Waals surface area contributed by atoms with Crippen molar-refractivity contribution in [3.8, 4) is 0 Å². The van der Waals surface area contributed by atoms with E-state index in [0.717, 1.165) is 6.42 Å². The van der Waals surface area contributed by atoms with E-state index in [1.807, 2.05) is 20.8 Å². The molecule has 12 heavy (non-hydrogen) atoms. The number of hydrogen-bond donors (Lipinski definition) is 1. The third-order valence-electron chi connectivity index (χ3n) is 2.07. The molecule has 0 aromatic heterocycles. The van der Waals surface area contributed by atoms with Gasteiger partial charge in [-0.15, -0.1) is 0 Å². The van der Waals surface area contributed by atoms with Crippen molar-refractivity contribution in [2.45, 2.75) is 58.7 Å². The molecular formula is C9H20N2O. The Morgan fingerprint density at radius 3 is 1.83 bits per heavy atom. The first-order valence-electron chi connectivity index (χ1n) is 4.49. The van der Waals surface area contributed by atoms with Gasteiger partial charge in [0.2, 0.25) is 0 Å². The Morgan fingerprint density at radius 2 is 1.50 bits per heavy atom. The Labute approximate surface area is 74.9 Å². The van der Waals surface area contributed by atoms with E-state index in [0.29, 0.717) is 6.42 Å². The number of nitrogens with zero attached hydrogens (tertiary/aromatic N) is 2. The third-order valence-corrected chi connectivity index (χ3v) is 2.07. The van der Waals surface area contributed by atoms with Crippen LogP contribution in [0, 0.1) is 0 Å². The van der Waals surface area contributed by atoms with E-state index in [1.54, 1.807) is 6.92 Å². The topological polar surface area (TPSA) is 45.0 Å². The molecule has 0 heterocycles. The maximum absolute atomic E-state index is 9.52. The molecule has 1 N–H and O–H groups in total. The maximum Gasteiger partial charge on any atom is 0.172 e. The molecule has 0 saturated heterocycles. The number of aliphatic hydroxyl groups is 1. The largest absolute Gasteiger partial charge is 0.368 e. The molecule has 0 aliphatic rings. The summed E-state index contributed by atoms with van der Waals surface area (Å²) in [4.78, 5) is 0. The number of hydrogen-bond acceptors (Lipinski definition) is 3. The Kier molecular flexibility index (Phi) is 3.84. The number of azo groups is 1. The molecule has 0 amide bonds. The molecule has 0 aliphatic carbocycles. The molecule has 1 atom stereocenters. The zero-order chi connectivity index (χ0) is 9.83. The van der Waals surface area contributed by atoms with Gasteiger partial charge in [-0.1, -0.05) is 13.8 Å². The molecule has 0 saturated carbocycles. The van der Waals surface area contributed by atoms with Gasteiger partial charge in [-0.05, 0) is 33.6 Å². The fraction of sp³-hybridized carbons (Fsp3) is 1.00. The van der Waals surface area contributed by atoms with E-state index in [2.05, 4.69) is 17.2 Å². The smallest absolute Gasteiger partial charge is 0.172 e. The van der Waals surface area contributed by atoms with Crippen molar-refractivity contribution in [2.75, 3.05) is 0 Å². The van der Waals surface area contributed by atoms with Crippen molar-refractivity contribution >= 4 is 0 Å². The SMILES string of the molecule is CCC(C)(C)/N=N/C(C)(O)CC. The monoisotopic (exact) mass is 172 g/mol. The van der Waals surface area contributed by atoms with E-state index in [1.165, 1.54) is 0 Å². The third kappa shape index (κ3) is 4.44. The minimum atomic E-state index is -0.994. The zero-order valence-corrected chi connectivity index (χ0v) is 8.76. The molecule has 0 fully saturated rings. The van der Waals surface area contributed by atoms with Crippen molar-refractivity contribution in [1.29, 1.82) is 0 Å². The summed E-state index contributed by atoms with van der Waals surface area (Å²) < 4.78 is 0.